The number of amides is 3. The van der Waals surface area contributed by atoms with Gasteiger partial charge in [0.1, 0.15) is 23.9 Å². The maximum Gasteiger partial charge on any atom is 0.471 e. The van der Waals surface area contributed by atoms with Crippen molar-refractivity contribution in [3.8, 4) is 5.75 Å². The summed E-state index contributed by atoms with van der Waals surface area (Å²) in [6, 6.07) is 1.35. The molecule has 0 fully saturated rings. The van der Waals surface area contributed by atoms with Gasteiger partial charge < -0.3 is 26.2 Å². The smallest absolute Gasteiger partial charge is 0.471 e. The third kappa shape index (κ3) is 8.62. The number of carbonyl (C=O) groups excluding carboxylic acids is 3. The van der Waals surface area contributed by atoms with E-state index in [-0.39, 0.29) is 12.2 Å². The lowest BCUT2D eigenvalue weighted by Crippen LogP contribution is -2.59. The summed E-state index contributed by atoms with van der Waals surface area (Å²) >= 11 is 0. The molecule has 0 bridgehead atoms. The number of benzene rings is 1. The third-order valence-electron chi connectivity index (χ3n) is 4.73. The molecule has 0 saturated heterocycles. The Morgan fingerprint density at radius 2 is 1.36 bits per heavy atom. The van der Waals surface area contributed by atoms with Gasteiger partial charge in [-0.3, -0.25) is 14.4 Å². The highest BCUT2D eigenvalue weighted by atomic mass is 19.4. The summed E-state index contributed by atoms with van der Waals surface area (Å²) < 4.78 is 38.0. The van der Waals surface area contributed by atoms with Crippen LogP contribution in [0.3, 0.4) is 0 Å². The maximum atomic E-state index is 12.8. The molecule has 3 amide bonds. The predicted octanol–water partition coefficient (Wildman–Crippen LogP) is 1.35. The molecule has 9 nitrogen and oxygen atoms in total. The topological polar surface area (TPSA) is 145 Å². The normalized spacial score (nSPS) is 14.3. The van der Waals surface area contributed by atoms with Gasteiger partial charge in [0.2, 0.25) is 11.8 Å². The highest BCUT2D eigenvalue weighted by Crippen LogP contribution is 2.16. The van der Waals surface area contributed by atoms with Crippen LogP contribution in [-0.2, 0) is 25.6 Å². The number of carbonyl (C=O) groups is 4. The molecule has 0 saturated carbocycles. The molecular weight excluding hydrogens is 447 g/mol. The maximum absolute atomic E-state index is 12.8. The zero-order chi connectivity index (χ0) is 25.5. The fourth-order valence-corrected chi connectivity index (χ4v) is 2.86. The number of phenolic OH excluding ortho intramolecular Hbond substituents is 1. The van der Waals surface area contributed by atoms with Crippen molar-refractivity contribution < 1.29 is 42.6 Å². The third-order valence-corrected chi connectivity index (χ3v) is 4.73. The SMILES string of the molecule is CC(C)[C@H](NC(=O)[C@@H](Cc1ccc(O)cc1)NC(=O)[C@@H](NC(=O)C(F)(F)F)C(C)C)C(=O)O. The molecule has 0 heterocycles. The lowest BCUT2D eigenvalue weighted by atomic mass is 9.99. The van der Waals surface area contributed by atoms with Crippen molar-refractivity contribution >= 4 is 23.7 Å². The standard InChI is InChI=1S/C21H28F3N3O6/c1-10(2)15(27-20(33)21(22,23)24)18(30)25-14(9-12-5-7-13(28)8-6-12)17(29)26-16(11(3)4)19(31)32/h5-8,10-11,14-16,28H,9H2,1-4H3,(H,25,30)(H,26,29)(H,27,33)(H,31,32)/t14-,15+,16+/m1/s1. The van der Waals surface area contributed by atoms with Crippen LogP contribution in [-0.4, -0.2) is 58.2 Å². The fraction of sp³-hybridized carbons (Fsp3) is 0.524. The Morgan fingerprint density at radius 1 is 0.848 bits per heavy atom. The number of halogens is 3. The van der Waals surface area contributed by atoms with Gasteiger partial charge >= 0.3 is 18.1 Å². The number of aromatic hydroxyl groups is 1. The first-order valence-electron chi connectivity index (χ1n) is 10.1. The number of hydrogen-bond donors (Lipinski definition) is 5. The average molecular weight is 475 g/mol. The Bertz CT molecular complexity index is 856. The molecule has 0 aromatic heterocycles. The minimum Gasteiger partial charge on any atom is -0.508 e. The minimum absolute atomic E-state index is 0.0516. The van der Waals surface area contributed by atoms with Gasteiger partial charge in [-0.2, -0.15) is 13.2 Å². The van der Waals surface area contributed by atoms with E-state index in [1.807, 2.05) is 0 Å². The van der Waals surface area contributed by atoms with Crippen LogP contribution >= 0.6 is 0 Å². The first-order valence-corrected chi connectivity index (χ1v) is 10.1. The van der Waals surface area contributed by atoms with E-state index in [4.69, 9.17) is 0 Å². The average Bonchev–Trinajstić information content (AvgIpc) is 2.69. The van der Waals surface area contributed by atoms with E-state index in [9.17, 15) is 42.6 Å². The van der Waals surface area contributed by atoms with Gasteiger partial charge in [-0.1, -0.05) is 39.8 Å². The number of aliphatic carboxylic acids is 1. The first-order chi connectivity index (χ1) is 15.1. The van der Waals surface area contributed by atoms with Gasteiger partial charge in [0.05, 0.1) is 0 Å². The van der Waals surface area contributed by atoms with Crippen LogP contribution in [0.25, 0.3) is 0 Å². The number of rotatable bonds is 10. The number of nitrogens with one attached hydrogen (secondary N) is 3. The largest absolute Gasteiger partial charge is 0.508 e. The Labute approximate surface area is 188 Å². The summed E-state index contributed by atoms with van der Waals surface area (Å²) in [6.07, 6.45) is -5.36. The van der Waals surface area contributed by atoms with E-state index in [0.29, 0.717) is 5.56 Å². The molecule has 184 valence electrons. The lowest BCUT2D eigenvalue weighted by Gasteiger charge is -2.27. The molecule has 0 aliphatic rings. The Balaban J connectivity index is 3.16. The molecule has 0 spiro atoms. The quantitative estimate of drug-likeness (QED) is 0.345. The molecule has 5 N–H and O–H groups in total. The van der Waals surface area contributed by atoms with Crippen LogP contribution in [0.15, 0.2) is 24.3 Å². The second-order valence-corrected chi connectivity index (χ2v) is 8.19. The number of hydrogen-bond acceptors (Lipinski definition) is 5. The molecule has 12 heteroatoms. The number of carboxylic acids is 1. The number of phenols is 1. The minimum atomic E-state index is -5.21. The van der Waals surface area contributed by atoms with E-state index in [1.54, 1.807) is 19.2 Å². The Morgan fingerprint density at radius 3 is 1.79 bits per heavy atom. The molecular formula is C21H28F3N3O6. The predicted molar refractivity (Wildman–Crippen MR) is 111 cm³/mol. The molecule has 1 aromatic rings. The highest BCUT2D eigenvalue weighted by molar-refractivity contribution is 5.94. The molecule has 33 heavy (non-hydrogen) atoms. The van der Waals surface area contributed by atoms with Crippen molar-refractivity contribution in [2.24, 2.45) is 11.8 Å². The van der Waals surface area contributed by atoms with Gasteiger partial charge in [0.15, 0.2) is 0 Å². The summed E-state index contributed by atoms with van der Waals surface area (Å²) in [5, 5.41) is 25.0. The van der Waals surface area contributed by atoms with Crippen LogP contribution < -0.4 is 16.0 Å². The fourth-order valence-electron chi connectivity index (χ4n) is 2.86. The Kier molecular flexibility index (Phi) is 9.68. The second kappa shape index (κ2) is 11.5. The van der Waals surface area contributed by atoms with E-state index in [0.717, 1.165) is 0 Å². The van der Waals surface area contributed by atoms with Crippen molar-refractivity contribution in [2.75, 3.05) is 0 Å². The summed E-state index contributed by atoms with van der Waals surface area (Å²) in [5.74, 6) is -6.82. The summed E-state index contributed by atoms with van der Waals surface area (Å²) in [7, 11) is 0. The summed E-state index contributed by atoms with van der Waals surface area (Å²) in [6.45, 7) is 5.95. The van der Waals surface area contributed by atoms with Crippen LogP contribution in [0.4, 0.5) is 13.2 Å². The van der Waals surface area contributed by atoms with Gasteiger partial charge in [0, 0.05) is 6.42 Å². The zero-order valence-electron chi connectivity index (χ0n) is 18.6. The second-order valence-electron chi connectivity index (χ2n) is 8.19. The van der Waals surface area contributed by atoms with Crippen molar-refractivity contribution in [2.45, 2.75) is 58.4 Å². The van der Waals surface area contributed by atoms with Crippen molar-refractivity contribution in [1.82, 2.24) is 16.0 Å². The summed E-state index contributed by atoms with van der Waals surface area (Å²) in [5.41, 5.74) is 0.477. The molecule has 1 aromatic carbocycles. The lowest BCUT2D eigenvalue weighted by molar-refractivity contribution is -0.175. The molecule has 0 aliphatic carbocycles. The number of alkyl halides is 3. The molecule has 1 rings (SSSR count). The highest BCUT2D eigenvalue weighted by Gasteiger charge is 2.42. The molecule has 0 aliphatic heterocycles. The van der Waals surface area contributed by atoms with Gasteiger partial charge in [-0.15, -0.1) is 0 Å². The van der Waals surface area contributed by atoms with E-state index >= 15 is 0 Å². The van der Waals surface area contributed by atoms with Gasteiger partial charge in [-0.05, 0) is 29.5 Å². The van der Waals surface area contributed by atoms with Gasteiger partial charge in [-0.25, -0.2) is 4.79 Å². The van der Waals surface area contributed by atoms with Crippen LogP contribution in [0.5, 0.6) is 5.75 Å². The zero-order valence-corrected chi connectivity index (χ0v) is 18.6. The molecule has 3 atom stereocenters. The Hall–Kier alpha value is -3.31. The number of carboxylic acid groups (broad SMARTS) is 1. The van der Waals surface area contributed by atoms with E-state index in [2.05, 4.69) is 10.6 Å². The van der Waals surface area contributed by atoms with Gasteiger partial charge in [0.25, 0.3) is 0 Å². The molecule has 0 radical (unpaired) electrons. The monoisotopic (exact) mass is 475 g/mol. The molecule has 0 unspecified atom stereocenters. The van der Waals surface area contributed by atoms with Crippen molar-refractivity contribution in [3.05, 3.63) is 29.8 Å². The van der Waals surface area contributed by atoms with E-state index < -0.39 is 59.8 Å². The van der Waals surface area contributed by atoms with Crippen molar-refractivity contribution in [3.63, 3.8) is 0 Å². The first kappa shape index (κ1) is 27.7. The summed E-state index contributed by atoms with van der Waals surface area (Å²) in [4.78, 5) is 48.4. The van der Waals surface area contributed by atoms with Crippen molar-refractivity contribution in [1.29, 1.82) is 0 Å². The van der Waals surface area contributed by atoms with E-state index in [1.165, 1.54) is 38.1 Å². The van der Waals surface area contributed by atoms with Crippen LogP contribution in [0.1, 0.15) is 33.3 Å². The van der Waals surface area contributed by atoms with Crippen LogP contribution in [0.2, 0.25) is 0 Å². The van der Waals surface area contributed by atoms with Crippen LogP contribution in [0, 0.1) is 11.8 Å².